The van der Waals surface area contributed by atoms with Gasteiger partial charge in [-0.3, -0.25) is 22.5 Å². The van der Waals surface area contributed by atoms with E-state index in [2.05, 4.69) is 28.2 Å². The smallest absolute Gasteiger partial charge is 0.169 e. The quantitative estimate of drug-likeness (QED) is 0.158. The number of nitrogens with zero attached hydrogens (tertiary/aromatic N) is 1. The molecule has 1 aromatic rings. The van der Waals surface area contributed by atoms with Crippen molar-refractivity contribution in [3.63, 3.8) is 0 Å². The lowest BCUT2D eigenvalue weighted by molar-refractivity contribution is 0.147. The number of unbranched alkanes of at least 4 members (excludes halogenated alkanes) is 2. The van der Waals surface area contributed by atoms with E-state index in [1.165, 1.54) is 0 Å². The molecule has 1 unspecified atom stereocenters. The van der Waals surface area contributed by atoms with Gasteiger partial charge in [0, 0.05) is 11.9 Å². The van der Waals surface area contributed by atoms with E-state index >= 15 is 0 Å². The van der Waals surface area contributed by atoms with Gasteiger partial charge in [-0.1, -0.05) is 32.3 Å². The fourth-order valence-electron chi connectivity index (χ4n) is 2.19. The lowest BCUT2D eigenvalue weighted by atomic mass is 9.90. The van der Waals surface area contributed by atoms with Crippen molar-refractivity contribution < 1.29 is 0 Å². The summed E-state index contributed by atoms with van der Waals surface area (Å²) in [7, 11) is 0. The van der Waals surface area contributed by atoms with Gasteiger partial charge in [0.2, 0.25) is 0 Å². The van der Waals surface area contributed by atoms with Gasteiger partial charge in [-0.25, -0.2) is 16.3 Å². The maximum absolute atomic E-state index is 5.61. The van der Waals surface area contributed by atoms with Gasteiger partial charge in [-0.15, -0.1) is 0 Å². The lowest BCUT2D eigenvalue weighted by Crippen LogP contribution is -2.75. The van der Waals surface area contributed by atoms with Crippen LogP contribution in [0.1, 0.15) is 44.2 Å². The second-order valence-electron chi connectivity index (χ2n) is 4.54. The molecule has 108 valence electrons. The van der Waals surface area contributed by atoms with Gasteiger partial charge in [0.25, 0.3) is 0 Å². The monoisotopic (exact) mass is 267 g/mol. The third-order valence-electron chi connectivity index (χ3n) is 3.35. The molecule has 7 nitrogen and oxygen atoms in total. The zero-order chi connectivity index (χ0) is 14.1. The summed E-state index contributed by atoms with van der Waals surface area (Å²) < 4.78 is 0. The van der Waals surface area contributed by atoms with Crippen LogP contribution in [0, 0.1) is 0 Å². The molecule has 0 saturated carbocycles. The molecule has 7 heteroatoms. The summed E-state index contributed by atoms with van der Waals surface area (Å²) in [6.45, 7) is 2.16. The summed E-state index contributed by atoms with van der Waals surface area (Å²) in [6.07, 6.45) is 5.94. The van der Waals surface area contributed by atoms with Gasteiger partial charge < -0.3 is 0 Å². The molecular formula is C12H25N7. The van der Waals surface area contributed by atoms with Crippen LogP contribution < -0.4 is 33.8 Å². The average molecular weight is 267 g/mol. The maximum Gasteiger partial charge on any atom is 0.169 e. The largest absolute Gasteiger partial charge is 0.269 e. The number of hydrogen-bond acceptors (Lipinski definition) is 7. The third-order valence-corrected chi connectivity index (χ3v) is 3.35. The van der Waals surface area contributed by atoms with Gasteiger partial charge in [0.1, 0.15) is 0 Å². The third kappa shape index (κ3) is 3.93. The van der Waals surface area contributed by atoms with Gasteiger partial charge >= 0.3 is 0 Å². The molecule has 0 aliphatic carbocycles. The number of hydrogen-bond donors (Lipinski definition) is 6. The number of nitrogens with one attached hydrogen (secondary N) is 3. The summed E-state index contributed by atoms with van der Waals surface area (Å²) >= 11 is 0. The highest BCUT2D eigenvalue weighted by atomic mass is 15.6. The van der Waals surface area contributed by atoms with Crippen molar-refractivity contribution in [2.24, 2.45) is 17.5 Å². The van der Waals surface area contributed by atoms with Crippen LogP contribution in [0.2, 0.25) is 0 Å². The maximum atomic E-state index is 5.61. The van der Waals surface area contributed by atoms with E-state index in [9.17, 15) is 0 Å². The van der Waals surface area contributed by atoms with E-state index < -0.39 is 5.79 Å². The van der Waals surface area contributed by atoms with Crippen molar-refractivity contribution in [1.82, 2.24) is 21.3 Å². The Hall–Kier alpha value is -1.09. The first kappa shape index (κ1) is 16.0. The summed E-state index contributed by atoms with van der Waals surface area (Å²) in [4.78, 5) is 4.38. The number of nitrogens with two attached hydrogens (primary N) is 3. The highest BCUT2D eigenvalue weighted by Gasteiger charge is 2.37. The van der Waals surface area contributed by atoms with Crippen LogP contribution in [0.3, 0.4) is 0 Å². The van der Waals surface area contributed by atoms with Crippen molar-refractivity contribution in [2.75, 3.05) is 0 Å². The Balaban J connectivity index is 2.97. The van der Waals surface area contributed by atoms with Crippen molar-refractivity contribution in [1.29, 1.82) is 0 Å². The molecule has 0 aromatic carbocycles. The Labute approximate surface area is 114 Å². The highest BCUT2D eigenvalue weighted by molar-refractivity contribution is 5.14. The predicted octanol–water partition coefficient (Wildman–Crippen LogP) is -0.211. The minimum atomic E-state index is -0.984. The van der Waals surface area contributed by atoms with E-state index in [0.29, 0.717) is 0 Å². The Morgan fingerprint density at radius 1 is 1.16 bits per heavy atom. The van der Waals surface area contributed by atoms with Crippen LogP contribution in [-0.2, 0) is 0 Å². The molecule has 0 saturated heterocycles. The van der Waals surface area contributed by atoms with Crippen LogP contribution >= 0.6 is 0 Å². The lowest BCUT2D eigenvalue weighted by Gasteiger charge is -2.38. The summed E-state index contributed by atoms with van der Waals surface area (Å²) in [5.74, 6) is 15.8. The first-order chi connectivity index (χ1) is 9.24. The molecule has 19 heavy (non-hydrogen) atoms. The molecule has 1 heterocycles. The van der Waals surface area contributed by atoms with Crippen LogP contribution in [0.4, 0.5) is 0 Å². The molecule has 0 amide bonds. The normalized spacial score (nSPS) is 13.5. The van der Waals surface area contributed by atoms with E-state index in [4.69, 9.17) is 17.5 Å². The molecule has 0 bridgehead atoms. The van der Waals surface area contributed by atoms with Gasteiger partial charge in [0.15, 0.2) is 5.79 Å². The van der Waals surface area contributed by atoms with Crippen molar-refractivity contribution >= 4 is 0 Å². The second-order valence-corrected chi connectivity index (χ2v) is 4.54. The number of aromatic nitrogens is 1. The fourth-order valence-corrected chi connectivity index (χ4v) is 2.19. The fraction of sp³-hybridized carbons (Fsp3) is 0.583. The van der Waals surface area contributed by atoms with E-state index in [-0.39, 0.29) is 5.92 Å². The van der Waals surface area contributed by atoms with Gasteiger partial charge in [-0.2, -0.15) is 0 Å². The molecule has 1 rings (SSSR count). The molecule has 1 atom stereocenters. The molecule has 0 fully saturated rings. The minimum absolute atomic E-state index is 0.0831. The molecule has 9 N–H and O–H groups in total. The Kier molecular flexibility index (Phi) is 6.85. The first-order valence-electron chi connectivity index (χ1n) is 6.58. The zero-order valence-electron chi connectivity index (χ0n) is 11.4. The topological polar surface area (TPSA) is 127 Å². The highest BCUT2D eigenvalue weighted by Crippen LogP contribution is 2.27. The van der Waals surface area contributed by atoms with Crippen molar-refractivity contribution in [3.05, 3.63) is 30.1 Å². The Morgan fingerprint density at radius 3 is 2.32 bits per heavy atom. The zero-order valence-corrected chi connectivity index (χ0v) is 11.4. The van der Waals surface area contributed by atoms with E-state index in [1.54, 1.807) is 6.20 Å². The number of rotatable bonds is 9. The van der Waals surface area contributed by atoms with Gasteiger partial charge in [0.05, 0.1) is 5.92 Å². The van der Waals surface area contributed by atoms with E-state index in [0.717, 1.165) is 31.4 Å². The average Bonchev–Trinajstić information content (AvgIpc) is 2.48. The molecule has 0 radical (unpaired) electrons. The summed E-state index contributed by atoms with van der Waals surface area (Å²) in [5.41, 5.74) is 8.77. The molecule has 0 aliphatic rings. The second kappa shape index (κ2) is 8.16. The molecular weight excluding hydrogens is 242 g/mol. The van der Waals surface area contributed by atoms with Crippen LogP contribution in [0.15, 0.2) is 24.4 Å². The van der Waals surface area contributed by atoms with Crippen molar-refractivity contribution in [3.8, 4) is 0 Å². The number of hydrazine groups is 3. The Morgan fingerprint density at radius 2 is 1.84 bits per heavy atom. The Bertz CT molecular complexity index is 331. The molecule has 0 spiro atoms. The minimum Gasteiger partial charge on any atom is -0.269 e. The molecule has 0 aliphatic heterocycles. The summed E-state index contributed by atoms with van der Waals surface area (Å²) in [6, 6.07) is 5.75. The summed E-state index contributed by atoms with van der Waals surface area (Å²) in [5, 5.41) is 0. The first-order valence-corrected chi connectivity index (χ1v) is 6.58. The predicted molar refractivity (Wildman–Crippen MR) is 75.8 cm³/mol. The standard InChI is InChI=1S/C12H25N7/c1-2-3-4-7-10(11-8-5-6-9-16-11)12(17-13,18-14)19-15/h5-6,8-10,17-19H,2-4,7,13-15H2,1H3. The molecule has 1 aromatic heterocycles. The SMILES string of the molecule is CCCCCC(c1ccccn1)C(NN)(NN)NN. The van der Waals surface area contributed by atoms with E-state index in [1.807, 2.05) is 18.2 Å². The number of pyridine rings is 1. The van der Waals surface area contributed by atoms with Crippen LogP contribution in [0.5, 0.6) is 0 Å². The van der Waals surface area contributed by atoms with Gasteiger partial charge in [-0.05, 0) is 18.6 Å². The van der Waals surface area contributed by atoms with Crippen molar-refractivity contribution in [2.45, 2.75) is 44.3 Å². The van der Waals surface area contributed by atoms with Crippen LogP contribution in [-0.4, -0.2) is 10.8 Å². The van der Waals surface area contributed by atoms with Crippen LogP contribution in [0.25, 0.3) is 0 Å².